The molecular formula is C19H14ClF3N2O3. The Kier molecular flexibility index (Phi) is 5.42. The summed E-state index contributed by atoms with van der Waals surface area (Å²) in [7, 11) is 1.40. The summed E-state index contributed by atoms with van der Waals surface area (Å²) in [5, 5.41) is 0.0238. The van der Waals surface area contributed by atoms with Gasteiger partial charge in [0.25, 0.3) is 0 Å². The maximum Gasteiger partial charge on any atom is 0.416 e. The van der Waals surface area contributed by atoms with Crippen LogP contribution in [-0.4, -0.2) is 29.7 Å². The first-order valence-electron chi connectivity index (χ1n) is 8.14. The van der Waals surface area contributed by atoms with Gasteiger partial charge < -0.3 is 9.47 Å². The fraction of sp³-hybridized carbons (Fsp3) is 0.211. The van der Waals surface area contributed by atoms with Gasteiger partial charge in [-0.05, 0) is 31.2 Å². The van der Waals surface area contributed by atoms with E-state index < -0.39 is 17.7 Å². The SMILES string of the molecule is CCOC(=O)c1cnc2ccc(OC)nc2c1-c1cc(C(F)(F)F)ccc1Cl. The Balaban J connectivity index is 2.40. The molecule has 0 saturated heterocycles. The van der Waals surface area contributed by atoms with Crippen LogP contribution < -0.4 is 4.74 Å². The predicted molar refractivity (Wildman–Crippen MR) is 97.5 cm³/mol. The zero-order valence-corrected chi connectivity index (χ0v) is 15.6. The van der Waals surface area contributed by atoms with Crippen molar-refractivity contribution in [2.45, 2.75) is 13.1 Å². The number of esters is 1. The minimum atomic E-state index is -4.59. The molecule has 0 fully saturated rings. The summed E-state index contributed by atoms with van der Waals surface area (Å²) >= 11 is 6.21. The Morgan fingerprint density at radius 1 is 1.21 bits per heavy atom. The van der Waals surface area contributed by atoms with Crippen molar-refractivity contribution >= 4 is 28.6 Å². The summed E-state index contributed by atoms with van der Waals surface area (Å²) < 4.78 is 49.9. The number of hydrogen-bond donors (Lipinski definition) is 0. The highest BCUT2D eigenvalue weighted by Crippen LogP contribution is 2.39. The van der Waals surface area contributed by atoms with Crippen LogP contribution in [0.1, 0.15) is 22.8 Å². The van der Waals surface area contributed by atoms with Crippen molar-refractivity contribution in [3.63, 3.8) is 0 Å². The number of carbonyl (C=O) groups is 1. The fourth-order valence-electron chi connectivity index (χ4n) is 2.69. The molecule has 1 aromatic carbocycles. The lowest BCUT2D eigenvalue weighted by Crippen LogP contribution is -2.09. The third-order valence-corrected chi connectivity index (χ3v) is 4.28. The van der Waals surface area contributed by atoms with Crippen molar-refractivity contribution in [2.75, 3.05) is 13.7 Å². The molecule has 0 spiro atoms. The van der Waals surface area contributed by atoms with E-state index in [1.807, 2.05) is 0 Å². The molecule has 28 heavy (non-hydrogen) atoms. The predicted octanol–water partition coefficient (Wildman–Crippen LogP) is 5.15. The maximum absolute atomic E-state index is 13.2. The van der Waals surface area contributed by atoms with Crippen molar-refractivity contribution in [1.29, 1.82) is 0 Å². The van der Waals surface area contributed by atoms with Crippen LogP contribution in [0.25, 0.3) is 22.2 Å². The molecule has 0 bridgehead atoms. The van der Waals surface area contributed by atoms with Crippen LogP contribution in [0.2, 0.25) is 5.02 Å². The van der Waals surface area contributed by atoms with E-state index in [1.165, 1.54) is 13.3 Å². The molecule has 0 aliphatic rings. The third-order valence-electron chi connectivity index (χ3n) is 3.95. The minimum Gasteiger partial charge on any atom is -0.481 e. The number of methoxy groups -OCH3 is 1. The Morgan fingerprint density at radius 2 is 1.96 bits per heavy atom. The van der Waals surface area contributed by atoms with Gasteiger partial charge in [0.1, 0.15) is 5.52 Å². The zero-order valence-electron chi connectivity index (χ0n) is 14.8. The van der Waals surface area contributed by atoms with Gasteiger partial charge in [-0.1, -0.05) is 11.6 Å². The van der Waals surface area contributed by atoms with Gasteiger partial charge in [0.2, 0.25) is 5.88 Å². The molecule has 3 rings (SSSR count). The summed E-state index contributed by atoms with van der Waals surface area (Å²) in [5.74, 6) is -0.537. The normalized spacial score (nSPS) is 11.5. The number of rotatable bonds is 4. The van der Waals surface area contributed by atoms with Crippen LogP contribution >= 0.6 is 11.6 Å². The van der Waals surface area contributed by atoms with E-state index in [9.17, 15) is 18.0 Å². The number of hydrogen-bond acceptors (Lipinski definition) is 5. The lowest BCUT2D eigenvalue weighted by atomic mass is 9.97. The number of ether oxygens (including phenoxy) is 2. The second-order valence-electron chi connectivity index (χ2n) is 5.68. The molecule has 0 amide bonds. The van der Waals surface area contributed by atoms with Gasteiger partial charge in [-0.15, -0.1) is 0 Å². The molecule has 0 aliphatic heterocycles. The van der Waals surface area contributed by atoms with E-state index in [2.05, 4.69) is 9.97 Å². The smallest absolute Gasteiger partial charge is 0.416 e. The fourth-order valence-corrected chi connectivity index (χ4v) is 2.90. The highest BCUT2D eigenvalue weighted by atomic mass is 35.5. The number of fused-ring (bicyclic) bond motifs is 1. The maximum atomic E-state index is 13.2. The quantitative estimate of drug-likeness (QED) is 0.556. The molecule has 146 valence electrons. The largest absolute Gasteiger partial charge is 0.481 e. The summed E-state index contributed by atoms with van der Waals surface area (Å²) in [6, 6.07) is 6.01. The molecule has 2 heterocycles. The summed E-state index contributed by atoms with van der Waals surface area (Å²) in [5.41, 5.74) is -0.333. The number of halogens is 4. The topological polar surface area (TPSA) is 61.3 Å². The highest BCUT2D eigenvalue weighted by Gasteiger charge is 2.32. The molecule has 3 aromatic rings. The van der Waals surface area contributed by atoms with Gasteiger partial charge in [-0.3, -0.25) is 4.98 Å². The Morgan fingerprint density at radius 3 is 2.61 bits per heavy atom. The van der Waals surface area contributed by atoms with Crippen LogP contribution in [0.3, 0.4) is 0 Å². The molecule has 2 aromatic heterocycles. The second kappa shape index (κ2) is 7.63. The summed E-state index contributed by atoms with van der Waals surface area (Å²) in [6.07, 6.45) is -3.35. The van der Waals surface area contributed by atoms with Crippen LogP contribution in [-0.2, 0) is 10.9 Å². The van der Waals surface area contributed by atoms with Gasteiger partial charge in [0.05, 0.1) is 30.4 Å². The Bertz CT molecular complexity index is 1050. The number of carbonyl (C=O) groups excluding carboxylic acids is 1. The van der Waals surface area contributed by atoms with Crippen molar-refractivity contribution in [1.82, 2.24) is 9.97 Å². The third kappa shape index (κ3) is 3.73. The molecule has 0 aliphatic carbocycles. The molecule has 5 nitrogen and oxygen atoms in total. The van der Waals surface area contributed by atoms with Gasteiger partial charge in [0, 0.05) is 28.4 Å². The van der Waals surface area contributed by atoms with Crippen LogP contribution in [0.4, 0.5) is 13.2 Å². The molecule has 0 N–H and O–H groups in total. The Labute approximate surface area is 163 Å². The number of aromatic nitrogens is 2. The summed E-state index contributed by atoms with van der Waals surface area (Å²) in [4.78, 5) is 20.9. The van der Waals surface area contributed by atoms with Gasteiger partial charge in [-0.25, -0.2) is 9.78 Å². The lowest BCUT2D eigenvalue weighted by molar-refractivity contribution is -0.137. The number of pyridine rings is 2. The molecular weight excluding hydrogens is 397 g/mol. The molecule has 9 heteroatoms. The first-order chi connectivity index (χ1) is 13.3. The van der Waals surface area contributed by atoms with Crippen LogP contribution in [0.15, 0.2) is 36.5 Å². The Hall–Kier alpha value is -2.87. The van der Waals surface area contributed by atoms with Gasteiger partial charge in [0.15, 0.2) is 0 Å². The van der Waals surface area contributed by atoms with E-state index >= 15 is 0 Å². The first-order valence-corrected chi connectivity index (χ1v) is 8.52. The zero-order chi connectivity index (χ0) is 20.5. The highest BCUT2D eigenvalue weighted by molar-refractivity contribution is 6.34. The molecule has 0 atom stereocenters. The number of nitrogens with zero attached hydrogens (tertiary/aromatic N) is 2. The number of benzene rings is 1. The average Bonchev–Trinajstić information content (AvgIpc) is 2.66. The van der Waals surface area contributed by atoms with Crippen LogP contribution in [0.5, 0.6) is 5.88 Å². The summed E-state index contributed by atoms with van der Waals surface area (Å²) in [6.45, 7) is 1.70. The molecule has 0 radical (unpaired) electrons. The van der Waals surface area contributed by atoms with E-state index in [-0.39, 0.29) is 39.7 Å². The monoisotopic (exact) mass is 410 g/mol. The van der Waals surface area contributed by atoms with E-state index in [0.717, 1.165) is 18.2 Å². The van der Waals surface area contributed by atoms with E-state index in [0.29, 0.717) is 5.52 Å². The van der Waals surface area contributed by atoms with E-state index in [4.69, 9.17) is 21.1 Å². The van der Waals surface area contributed by atoms with Crippen molar-refractivity contribution in [3.05, 3.63) is 52.7 Å². The van der Waals surface area contributed by atoms with Gasteiger partial charge >= 0.3 is 12.1 Å². The first kappa shape index (κ1) is 19.9. The molecule has 0 saturated carbocycles. The lowest BCUT2D eigenvalue weighted by Gasteiger charge is -2.15. The van der Waals surface area contributed by atoms with Crippen LogP contribution in [0, 0.1) is 0 Å². The van der Waals surface area contributed by atoms with Crippen molar-refractivity contribution in [2.24, 2.45) is 0 Å². The van der Waals surface area contributed by atoms with E-state index in [1.54, 1.807) is 19.1 Å². The minimum absolute atomic E-state index is 0.00676. The number of alkyl halides is 3. The second-order valence-corrected chi connectivity index (χ2v) is 6.09. The van der Waals surface area contributed by atoms with Crippen molar-refractivity contribution in [3.8, 4) is 17.0 Å². The average molecular weight is 411 g/mol. The van der Waals surface area contributed by atoms with Gasteiger partial charge in [-0.2, -0.15) is 13.2 Å². The standard InChI is InChI=1S/C19H14ClF3N2O3/c1-3-28-18(26)12-9-24-14-6-7-15(27-2)25-17(14)16(12)11-8-10(19(21,22)23)4-5-13(11)20/h4-9H,3H2,1-2H3. The molecule has 0 unspecified atom stereocenters. The van der Waals surface area contributed by atoms with Crippen molar-refractivity contribution < 1.29 is 27.4 Å².